The van der Waals surface area contributed by atoms with Crippen molar-refractivity contribution in [2.45, 2.75) is 17.8 Å². The molecule has 1 heterocycles. The number of rotatable bonds is 2. The molecule has 0 spiro atoms. The third-order valence-corrected chi connectivity index (χ3v) is 3.82. The number of hydrogen-bond donors (Lipinski definition) is 3. The molecule has 6 heteroatoms. The van der Waals surface area contributed by atoms with Gasteiger partial charge in [-0.2, -0.15) is 0 Å². The van der Waals surface area contributed by atoms with Crippen molar-refractivity contribution in [2.24, 2.45) is 0 Å². The molecule has 0 aromatic carbocycles. The van der Waals surface area contributed by atoms with Gasteiger partial charge < -0.3 is 10.4 Å². The van der Waals surface area contributed by atoms with E-state index in [1.165, 1.54) is 7.05 Å². The summed E-state index contributed by atoms with van der Waals surface area (Å²) in [6, 6.07) is 0. The fourth-order valence-corrected chi connectivity index (χ4v) is 2.43. The van der Waals surface area contributed by atoms with Crippen molar-refractivity contribution in [3.05, 3.63) is 0 Å². The summed E-state index contributed by atoms with van der Waals surface area (Å²) in [5, 5.41) is 11.5. The molecule has 1 rings (SSSR count). The summed E-state index contributed by atoms with van der Waals surface area (Å²) in [5.41, 5.74) is 0. The Hall–Kier alpha value is -0.170. The zero-order valence-corrected chi connectivity index (χ0v) is 7.76. The van der Waals surface area contributed by atoms with Crippen molar-refractivity contribution >= 4 is 10.0 Å². The fourth-order valence-electron chi connectivity index (χ4n) is 1.28. The Morgan fingerprint density at radius 2 is 2.17 bits per heavy atom. The van der Waals surface area contributed by atoms with Crippen LogP contribution in [0.5, 0.6) is 0 Å². The molecule has 12 heavy (non-hydrogen) atoms. The first kappa shape index (κ1) is 9.91. The van der Waals surface area contributed by atoms with Crippen LogP contribution in [0.25, 0.3) is 0 Å². The van der Waals surface area contributed by atoms with Gasteiger partial charge in [0, 0.05) is 13.1 Å². The van der Waals surface area contributed by atoms with E-state index < -0.39 is 21.4 Å². The molecule has 5 nitrogen and oxygen atoms in total. The minimum absolute atomic E-state index is 0.316. The molecule has 0 aromatic rings. The van der Waals surface area contributed by atoms with Crippen LogP contribution in [0.2, 0.25) is 0 Å². The van der Waals surface area contributed by atoms with Gasteiger partial charge in [0.15, 0.2) is 0 Å². The van der Waals surface area contributed by atoms with Gasteiger partial charge in [0.25, 0.3) is 0 Å². The average molecular weight is 194 g/mol. The highest BCUT2D eigenvalue weighted by Gasteiger charge is 2.29. The summed E-state index contributed by atoms with van der Waals surface area (Å²) in [5.74, 6) is 0. The van der Waals surface area contributed by atoms with Crippen molar-refractivity contribution in [3.63, 3.8) is 0 Å². The van der Waals surface area contributed by atoms with Gasteiger partial charge in [-0.15, -0.1) is 0 Å². The molecule has 0 amide bonds. The lowest BCUT2D eigenvalue weighted by atomic mass is 10.1. The Morgan fingerprint density at radius 1 is 1.50 bits per heavy atom. The van der Waals surface area contributed by atoms with Gasteiger partial charge in [-0.3, -0.25) is 0 Å². The molecule has 0 bridgehead atoms. The van der Waals surface area contributed by atoms with E-state index in [0.717, 1.165) is 0 Å². The standard InChI is InChI=1S/C6H14N2O3S/c1-7-12(10,11)6-2-5(9)3-8-4-6/h5-9H,2-4H2,1H3. The Labute approximate surface area is 72.2 Å². The summed E-state index contributed by atoms with van der Waals surface area (Å²) < 4.78 is 24.7. The second-order valence-electron chi connectivity index (χ2n) is 2.92. The second kappa shape index (κ2) is 3.69. The van der Waals surface area contributed by atoms with Crippen LogP contribution in [-0.2, 0) is 10.0 Å². The number of aliphatic hydroxyl groups excluding tert-OH is 1. The second-order valence-corrected chi connectivity index (χ2v) is 5.08. The monoisotopic (exact) mass is 194 g/mol. The zero-order valence-electron chi connectivity index (χ0n) is 6.95. The van der Waals surface area contributed by atoms with Gasteiger partial charge in [0.1, 0.15) is 0 Å². The lowest BCUT2D eigenvalue weighted by Crippen LogP contribution is -2.48. The molecule has 0 radical (unpaired) electrons. The molecule has 0 aromatic heterocycles. The minimum Gasteiger partial charge on any atom is -0.392 e. The van der Waals surface area contributed by atoms with Crippen molar-refractivity contribution in [1.82, 2.24) is 10.0 Å². The summed E-state index contributed by atoms with van der Waals surface area (Å²) >= 11 is 0. The predicted molar refractivity (Wildman–Crippen MR) is 45.3 cm³/mol. The van der Waals surface area contributed by atoms with Gasteiger partial charge in [-0.25, -0.2) is 13.1 Å². The van der Waals surface area contributed by atoms with Crippen molar-refractivity contribution in [2.75, 3.05) is 20.1 Å². The predicted octanol–water partition coefficient (Wildman–Crippen LogP) is -1.74. The van der Waals surface area contributed by atoms with Crippen LogP contribution >= 0.6 is 0 Å². The molecule has 1 saturated heterocycles. The van der Waals surface area contributed by atoms with E-state index in [-0.39, 0.29) is 0 Å². The Balaban J connectivity index is 2.63. The number of β-amino-alcohol motifs (C(OH)–C–C–N with tert-alkyl or cyclic N) is 1. The maximum atomic E-state index is 11.2. The van der Waals surface area contributed by atoms with Crippen molar-refractivity contribution < 1.29 is 13.5 Å². The number of piperidine rings is 1. The summed E-state index contributed by atoms with van der Waals surface area (Å²) in [6.07, 6.45) is -0.234. The first-order valence-corrected chi connectivity index (χ1v) is 5.42. The van der Waals surface area contributed by atoms with Gasteiger partial charge in [0.05, 0.1) is 11.4 Å². The molecule has 1 aliphatic rings. The third-order valence-electron chi connectivity index (χ3n) is 2.01. The maximum absolute atomic E-state index is 11.2. The first-order valence-electron chi connectivity index (χ1n) is 3.87. The van der Waals surface area contributed by atoms with E-state index >= 15 is 0 Å². The number of nitrogens with one attached hydrogen (secondary N) is 2. The van der Waals surface area contributed by atoms with Crippen molar-refractivity contribution in [1.29, 1.82) is 0 Å². The van der Waals surface area contributed by atoms with Crippen LogP contribution in [0.3, 0.4) is 0 Å². The Bertz CT molecular complexity index is 239. The largest absolute Gasteiger partial charge is 0.392 e. The van der Waals surface area contributed by atoms with Gasteiger partial charge in [-0.1, -0.05) is 0 Å². The highest BCUT2D eigenvalue weighted by Crippen LogP contribution is 2.10. The Morgan fingerprint density at radius 3 is 2.67 bits per heavy atom. The lowest BCUT2D eigenvalue weighted by molar-refractivity contribution is 0.143. The topological polar surface area (TPSA) is 78.4 Å². The normalized spacial score (nSPS) is 31.8. The van der Waals surface area contributed by atoms with E-state index in [1.54, 1.807) is 0 Å². The number of aliphatic hydroxyl groups is 1. The van der Waals surface area contributed by atoms with E-state index in [0.29, 0.717) is 19.5 Å². The number of sulfonamides is 1. The van der Waals surface area contributed by atoms with E-state index in [1.807, 2.05) is 0 Å². The first-order chi connectivity index (χ1) is 5.56. The molecule has 1 aliphatic heterocycles. The quantitative estimate of drug-likeness (QED) is 0.487. The van der Waals surface area contributed by atoms with Crippen molar-refractivity contribution in [3.8, 4) is 0 Å². The average Bonchev–Trinajstić information content (AvgIpc) is 2.05. The zero-order chi connectivity index (χ0) is 9.19. The molecule has 3 N–H and O–H groups in total. The SMILES string of the molecule is CNS(=O)(=O)C1CNCC(O)C1. The molecule has 0 aliphatic carbocycles. The van der Waals surface area contributed by atoms with Crippen LogP contribution in [-0.4, -0.2) is 45.0 Å². The third kappa shape index (κ3) is 2.16. The molecule has 0 saturated carbocycles. The molecular weight excluding hydrogens is 180 g/mol. The van der Waals surface area contributed by atoms with Gasteiger partial charge >= 0.3 is 0 Å². The van der Waals surface area contributed by atoms with Gasteiger partial charge in [0.2, 0.25) is 10.0 Å². The summed E-state index contributed by atoms with van der Waals surface area (Å²) in [4.78, 5) is 0. The van der Waals surface area contributed by atoms with E-state index in [4.69, 9.17) is 0 Å². The molecule has 2 unspecified atom stereocenters. The highest BCUT2D eigenvalue weighted by molar-refractivity contribution is 7.90. The number of hydrogen-bond acceptors (Lipinski definition) is 4. The molecular formula is C6H14N2O3S. The van der Waals surface area contributed by atoms with Crippen LogP contribution < -0.4 is 10.0 Å². The van der Waals surface area contributed by atoms with Crippen LogP contribution in [0, 0.1) is 0 Å². The van der Waals surface area contributed by atoms with E-state index in [2.05, 4.69) is 10.0 Å². The molecule has 1 fully saturated rings. The summed E-state index contributed by atoms with van der Waals surface area (Å²) in [7, 11) is -1.84. The summed E-state index contributed by atoms with van der Waals surface area (Å²) in [6.45, 7) is 0.899. The molecule has 72 valence electrons. The Kier molecular flexibility index (Phi) is 3.05. The van der Waals surface area contributed by atoms with E-state index in [9.17, 15) is 13.5 Å². The lowest BCUT2D eigenvalue weighted by Gasteiger charge is -2.26. The van der Waals surface area contributed by atoms with Gasteiger partial charge in [-0.05, 0) is 13.5 Å². The smallest absolute Gasteiger partial charge is 0.215 e. The van der Waals surface area contributed by atoms with Crippen LogP contribution in [0.4, 0.5) is 0 Å². The highest BCUT2D eigenvalue weighted by atomic mass is 32.2. The maximum Gasteiger partial charge on any atom is 0.215 e. The van der Waals surface area contributed by atoms with Crippen LogP contribution in [0.15, 0.2) is 0 Å². The fraction of sp³-hybridized carbons (Fsp3) is 1.00. The minimum atomic E-state index is -3.23. The molecule has 2 atom stereocenters. The van der Waals surface area contributed by atoms with Crippen LogP contribution in [0.1, 0.15) is 6.42 Å².